The summed E-state index contributed by atoms with van der Waals surface area (Å²) in [7, 11) is 0. The number of anilines is 4. The van der Waals surface area contributed by atoms with Crippen LogP contribution in [-0.2, 0) is 4.79 Å². The van der Waals surface area contributed by atoms with Crippen molar-refractivity contribution in [2.45, 2.75) is 0 Å². The number of para-hydroxylation sites is 1. The number of carbonyl (C=O) groups excluding carboxylic acids is 2. The summed E-state index contributed by atoms with van der Waals surface area (Å²) in [5.74, 6) is 0.497. The van der Waals surface area contributed by atoms with Crippen LogP contribution in [0.5, 0.6) is 0 Å². The third-order valence-corrected chi connectivity index (χ3v) is 5.24. The van der Waals surface area contributed by atoms with E-state index in [2.05, 4.69) is 31.3 Å². The number of hydrogen-bond acceptors (Lipinski definition) is 7. The smallest absolute Gasteiger partial charge is 0.326 e. The number of aromatic nitrogens is 3. The highest BCUT2D eigenvalue weighted by atomic mass is 35.5. The number of amides is 3. The largest absolute Gasteiger partial charge is 0.340 e. The second-order valence-electron chi connectivity index (χ2n) is 7.25. The number of hydrogen-bond donors (Lipinski definition) is 4. The van der Waals surface area contributed by atoms with Gasteiger partial charge in [0.2, 0.25) is 0 Å². The molecule has 2 aromatic heterocycles. The predicted octanol–water partition coefficient (Wildman–Crippen LogP) is 3.92. The van der Waals surface area contributed by atoms with E-state index in [4.69, 9.17) is 16.9 Å². The summed E-state index contributed by atoms with van der Waals surface area (Å²) in [6.07, 6.45) is 3.04. The van der Waals surface area contributed by atoms with E-state index in [1.54, 1.807) is 35.0 Å². The first-order chi connectivity index (χ1) is 16.5. The van der Waals surface area contributed by atoms with Crippen LogP contribution < -0.4 is 21.3 Å². The van der Waals surface area contributed by atoms with Crippen molar-refractivity contribution in [1.29, 1.82) is 5.26 Å². The van der Waals surface area contributed by atoms with E-state index < -0.39 is 11.9 Å². The van der Waals surface area contributed by atoms with Crippen molar-refractivity contribution >= 4 is 58.3 Å². The Kier molecular flexibility index (Phi) is 5.29. The summed E-state index contributed by atoms with van der Waals surface area (Å²) in [6.45, 7) is 0. The first kappa shape index (κ1) is 21.0. The summed E-state index contributed by atoms with van der Waals surface area (Å²) in [4.78, 5) is 28.1. The average Bonchev–Trinajstić information content (AvgIpc) is 3.38. The van der Waals surface area contributed by atoms with Crippen LogP contribution in [0.2, 0.25) is 5.02 Å². The molecule has 1 aliphatic rings. The molecule has 2 aromatic carbocycles. The van der Waals surface area contributed by atoms with E-state index in [9.17, 15) is 9.59 Å². The number of nitrogens with zero attached hydrogens (tertiary/aromatic N) is 4. The summed E-state index contributed by atoms with van der Waals surface area (Å²) in [6, 6.07) is 17.6. The van der Waals surface area contributed by atoms with Crippen molar-refractivity contribution in [3.05, 3.63) is 82.6 Å². The maximum atomic E-state index is 12.0. The quantitative estimate of drug-likeness (QED) is 0.256. The van der Waals surface area contributed by atoms with Crippen molar-refractivity contribution < 1.29 is 9.59 Å². The standard InChI is InChI=1S/C23H15ClN8O2/c24-16-8-13(11-25)6-7-17(16)28-19-10-20(27-15-4-2-1-3-5-15)32-21(30-19)14(12-26-32)9-18-22(33)31-23(34)29-18/h1-10,12,27H,(H,28,30)(H2,29,31,33,34)/b18-9-. The zero-order valence-corrected chi connectivity index (χ0v) is 18.1. The third-order valence-electron chi connectivity index (χ3n) is 4.93. The van der Waals surface area contributed by atoms with Gasteiger partial charge in [0, 0.05) is 17.3 Å². The highest BCUT2D eigenvalue weighted by Gasteiger charge is 2.24. The van der Waals surface area contributed by atoms with Crippen molar-refractivity contribution in [3.8, 4) is 6.07 Å². The average molecular weight is 471 g/mol. The molecular formula is C23H15ClN8O2. The van der Waals surface area contributed by atoms with Crippen LogP contribution in [0.1, 0.15) is 11.1 Å². The lowest BCUT2D eigenvalue weighted by atomic mass is 10.2. The van der Waals surface area contributed by atoms with Crippen molar-refractivity contribution in [3.63, 3.8) is 0 Å². The number of fused-ring (bicyclic) bond motifs is 1. The third kappa shape index (κ3) is 4.11. The van der Waals surface area contributed by atoms with Gasteiger partial charge in [-0.15, -0.1) is 0 Å². The summed E-state index contributed by atoms with van der Waals surface area (Å²) >= 11 is 6.33. The number of rotatable bonds is 5. The monoisotopic (exact) mass is 470 g/mol. The molecule has 4 N–H and O–H groups in total. The Bertz CT molecular complexity index is 1520. The molecule has 166 valence electrons. The van der Waals surface area contributed by atoms with Crippen molar-refractivity contribution in [2.75, 3.05) is 10.6 Å². The molecule has 0 bridgehead atoms. The summed E-state index contributed by atoms with van der Waals surface area (Å²) < 4.78 is 1.58. The van der Waals surface area contributed by atoms with Gasteiger partial charge in [-0.25, -0.2) is 9.78 Å². The molecule has 1 saturated heterocycles. The number of carbonyl (C=O) groups is 2. The Labute approximate surface area is 197 Å². The molecule has 3 heterocycles. The number of nitrogens with one attached hydrogen (secondary N) is 4. The van der Waals surface area contributed by atoms with Gasteiger partial charge in [0.25, 0.3) is 5.91 Å². The zero-order valence-electron chi connectivity index (χ0n) is 17.3. The van der Waals surface area contributed by atoms with Crippen LogP contribution in [-0.4, -0.2) is 26.5 Å². The fourth-order valence-corrected chi connectivity index (χ4v) is 3.59. The molecule has 34 heavy (non-hydrogen) atoms. The predicted molar refractivity (Wildman–Crippen MR) is 127 cm³/mol. The molecule has 0 aliphatic carbocycles. The molecule has 11 heteroatoms. The molecular weight excluding hydrogens is 456 g/mol. The summed E-state index contributed by atoms with van der Waals surface area (Å²) in [5, 5.41) is 24.9. The van der Waals surface area contributed by atoms with E-state index in [0.717, 1.165) is 5.69 Å². The zero-order chi connectivity index (χ0) is 23.7. The second-order valence-corrected chi connectivity index (χ2v) is 7.66. The van der Waals surface area contributed by atoms with Crippen LogP contribution in [0.15, 0.2) is 66.5 Å². The topological polar surface area (TPSA) is 136 Å². The molecule has 10 nitrogen and oxygen atoms in total. The molecule has 0 spiro atoms. The van der Waals surface area contributed by atoms with Gasteiger partial charge in [0.15, 0.2) is 5.65 Å². The lowest BCUT2D eigenvalue weighted by Gasteiger charge is -2.13. The molecule has 1 aliphatic heterocycles. The highest BCUT2D eigenvalue weighted by Crippen LogP contribution is 2.29. The Morgan fingerprint density at radius 3 is 2.59 bits per heavy atom. The van der Waals surface area contributed by atoms with E-state index in [0.29, 0.717) is 39.1 Å². The number of imide groups is 1. The highest BCUT2D eigenvalue weighted by molar-refractivity contribution is 6.33. The van der Waals surface area contributed by atoms with Gasteiger partial charge >= 0.3 is 6.03 Å². The van der Waals surface area contributed by atoms with Crippen LogP contribution in [0.4, 0.5) is 27.8 Å². The Morgan fingerprint density at radius 2 is 1.88 bits per heavy atom. The number of benzene rings is 2. The normalized spacial score (nSPS) is 14.1. The number of halogens is 1. The van der Waals surface area contributed by atoms with E-state index >= 15 is 0 Å². The minimum absolute atomic E-state index is 0.0905. The van der Waals surface area contributed by atoms with Gasteiger partial charge in [-0.1, -0.05) is 29.8 Å². The summed E-state index contributed by atoms with van der Waals surface area (Å²) in [5.41, 5.74) is 2.85. The minimum Gasteiger partial charge on any atom is -0.340 e. The SMILES string of the molecule is N#Cc1ccc(Nc2cc(Nc3ccccc3)n3ncc(/C=C4\NC(=O)NC4=O)c3n2)c(Cl)c1. The lowest BCUT2D eigenvalue weighted by Crippen LogP contribution is -2.22. The first-order valence-corrected chi connectivity index (χ1v) is 10.4. The maximum absolute atomic E-state index is 12.0. The van der Waals surface area contributed by atoms with Gasteiger partial charge in [-0.2, -0.15) is 14.9 Å². The molecule has 0 saturated carbocycles. The van der Waals surface area contributed by atoms with Gasteiger partial charge in [-0.05, 0) is 36.4 Å². The van der Waals surface area contributed by atoms with E-state index in [1.807, 2.05) is 36.4 Å². The molecule has 0 unspecified atom stereocenters. The second kappa shape index (κ2) is 8.57. The van der Waals surface area contributed by atoms with Gasteiger partial charge in [0.05, 0.1) is 28.5 Å². The van der Waals surface area contributed by atoms with Crippen LogP contribution >= 0.6 is 11.6 Å². The fraction of sp³-hybridized carbons (Fsp3) is 0. The molecule has 5 rings (SSSR count). The van der Waals surface area contributed by atoms with Gasteiger partial charge in [0.1, 0.15) is 17.3 Å². The van der Waals surface area contributed by atoms with Crippen LogP contribution in [0.3, 0.4) is 0 Å². The molecule has 4 aromatic rings. The Balaban J connectivity index is 1.60. The van der Waals surface area contributed by atoms with E-state index in [-0.39, 0.29) is 5.70 Å². The number of nitriles is 1. The Morgan fingerprint density at radius 1 is 1.06 bits per heavy atom. The lowest BCUT2D eigenvalue weighted by molar-refractivity contribution is -0.115. The molecule has 3 amide bonds. The number of urea groups is 1. The fourth-order valence-electron chi connectivity index (χ4n) is 3.37. The minimum atomic E-state index is -0.593. The molecule has 0 radical (unpaired) electrons. The van der Waals surface area contributed by atoms with Crippen molar-refractivity contribution in [2.24, 2.45) is 0 Å². The van der Waals surface area contributed by atoms with Crippen LogP contribution in [0, 0.1) is 11.3 Å². The van der Waals surface area contributed by atoms with E-state index in [1.165, 1.54) is 6.08 Å². The van der Waals surface area contributed by atoms with Crippen LogP contribution in [0.25, 0.3) is 11.7 Å². The first-order valence-electron chi connectivity index (χ1n) is 10.0. The van der Waals surface area contributed by atoms with Crippen molar-refractivity contribution in [1.82, 2.24) is 25.2 Å². The Hall–Kier alpha value is -4.88. The van der Waals surface area contributed by atoms with Gasteiger partial charge < -0.3 is 16.0 Å². The maximum Gasteiger partial charge on any atom is 0.326 e. The molecule has 1 fully saturated rings. The molecule has 0 atom stereocenters. The van der Waals surface area contributed by atoms with Gasteiger partial charge in [-0.3, -0.25) is 10.1 Å².